The smallest absolute Gasteiger partial charge is 0.343 e. The number of esters is 1. The first-order valence-electron chi connectivity index (χ1n) is 8.87. The van der Waals surface area contributed by atoms with Crippen LogP contribution < -0.4 is 5.32 Å². The topological polar surface area (TPSA) is 58.6 Å². The van der Waals surface area contributed by atoms with E-state index >= 15 is 0 Å². The third-order valence-electron chi connectivity index (χ3n) is 6.15. The lowest BCUT2D eigenvalue weighted by molar-refractivity contribution is -0.174. The predicted octanol–water partition coefficient (Wildman–Crippen LogP) is 2.07. The molecule has 124 valence electrons. The van der Waals surface area contributed by atoms with Crippen molar-refractivity contribution in [3.63, 3.8) is 0 Å². The second-order valence-corrected chi connectivity index (χ2v) is 7.36. The van der Waals surface area contributed by atoms with Crippen LogP contribution in [0.25, 0.3) is 0 Å². The Bertz CT molecular complexity index is 559. The van der Waals surface area contributed by atoms with E-state index < -0.39 is 11.6 Å². The van der Waals surface area contributed by atoms with Crippen molar-refractivity contribution in [1.82, 2.24) is 5.32 Å². The van der Waals surface area contributed by atoms with Crippen LogP contribution in [-0.4, -0.2) is 30.8 Å². The van der Waals surface area contributed by atoms with E-state index in [4.69, 9.17) is 4.74 Å². The summed E-state index contributed by atoms with van der Waals surface area (Å²) in [6, 6.07) is 9.34. The Morgan fingerprint density at radius 1 is 1.17 bits per heavy atom. The Hall–Kier alpha value is -1.39. The molecular weight excluding hydrogens is 290 g/mol. The molecule has 1 saturated heterocycles. The van der Waals surface area contributed by atoms with Crippen LogP contribution in [0.3, 0.4) is 0 Å². The third-order valence-corrected chi connectivity index (χ3v) is 6.15. The van der Waals surface area contributed by atoms with E-state index in [9.17, 15) is 9.90 Å². The summed E-state index contributed by atoms with van der Waals surface area (Å²) in [6.45, 7) is 2.54. The van der Waals surface area contributed by atoms with Gasteiger partial charge in [0, 0.05) is 11.8 Å². The molecule has 2 N–H and O–H groups in total. The molecule has 0 amide bonds. The summed E-state index contributed by atoms with van der Waals surface area (Å²) in [5.74, 6) is 1.34. The molecule has 2 aliphatic carbocycles. The van der Waals surface area contributed by atoms with Crippen molar-refractivity contribution in [2.24, 2.45) is 23.7 Å². The zero-order valence-electron chi connectivity index (χ0n) is 13.4. The Morgan fingerprint density at radius 3 is 2.48 bits per heavy atom. The van der Waals surface area contributed by atoms with Gasteiger partial charge in [0.25, 0.3) is 0 Å². The average molecular weight is 315 g/mol. The summed E-state index contributed by atoms with van der Waals surface area (Å²) in [5, 5.41) is 14.7. The van der Waals surface area contributed by atoms with E-state index in [2.05, 4.69) is 5.32 Å². The van der Waals surface area contributed by atoms with Crippen molar-refractivity contribution in [2.45, 2.75) is 31.3 Å². The van der Waals surface area contributed by atoms with Crippen LogP contribution >= 0.6 is 0 Å². The van der Waals surface area contributed by atoms with Crippen LogP contribution in [0, 0.1) is 23.7 Å². The maximum atomic E-state index is 12.8. The molecule has 23 heavy (non-hydrogen) atoms. The molecule has 0 spiro atoms. The Morgan fingerprint density at radius 2 is 1.83 bits per heavy atom. The molecule has 0 radical (unpaired) electrons. The van der Waals surface area contributed by atoms with Gasteiger partial charge in [0.1, 0.15) is 0 Å². The van der Waals surface area contributed by atoms with Crippen molar-refractivity contribution in [2.75, 3.05) is 19.7 Å². The quantitative estimate of drug-likeness (QED) is 0.817. The number of rotatable bonds is 5. The first kappa shape index (κ1) is 15.2. The van der Waals surface area contributed by atoms with Gasteiger partial charge >= 0.3 is 5.97 Å². The highest BCUT2D eigenvalue weighted by atomic mass is 16.5. The minimum absolute atomic E-state index is 0.0298. The predicted molar refractivity (Wildman–Crippen MR) is 86.6 cm³/mol. The first-order valence-corrected chi connectivity index (χ1v) is 8.87. The molecule has 4 rings (SSSR count). The lowest BCUT2D eigenvalue weighted by atomic mass is 9.80. The molecule has 1 aliphatic heterocycles. The molecule has 4 heteroatoms. The molecule has 3 aliphatic rings. The largest absolute Gasteiger partial charge is 0.463 e. The molecular formula is C19H25NO3. The molecule has 1 heterocycles. The van der Waals surface area contributed by atoms with Gasteiger partial charge in [-0.05, 0) is 43.3 Å². The van der Waals surface area contributed by atoms with Crippen molar-refractivity contribution < 1.29 is 14.6 Å². The van der Waals surface area contributed by atoms with Gasteiger partial charge in [-0.25, -0.2) is 4.79 Å². The Balaban J connectivity index is 1.49. The molecule has 3 fully saturated rings. The van der Waals surface area contributed by atoms with E-state index in [0.717, 1.165) is 38.8 Å². The number of fused-ring (bicyclic) bond motifs is 1. The summed E-state index contributed by atoms with van der Waals surface area (Å²) in [6.07, 6.45) is 3.93. The molecule has 1 aromatic carbocycles. The zero-order chi connectivity index (χ0) is 15.9. The van der Waals surface area contributed by atoms with E-state index in [0.29, 0.717) is 29.9 Å². The van der Waals surface area contributed by atoms with Gasteiger partial charge < -0.3 is 15.2 Å². The SMILES string of the molecule is O=C(OCC1C2CNC[C@@H]21)[C@@](O)(c1ccccc1)C1CCCC1. The number of hydrogen-bond acceptors (Lipinski definition) is 4. The fraction of sp³-hybridized carbons (Fsp3) is 0.632. The number of benzene rings is 1. The molecule has 4 atom stereocenters. The molecule has 0 bridgehead atoms. The zero-order valence-corrected chi connectivity index (χ0v) is 13.4. The highest BCUT2D eigenvalue weighted by Gasteiger charge is 2.54. The van der Waals surface area contributed by atoms with E-state index in [1.165, 1.54) is 0 Å². The van der Waals surface area contributed by atoms with Gasteiger partial charge in [-0.3, -0.25) is 0 Å². The lowest BCUT2D eigenvalue weighted by Crippen LogP contribution is -2.43. The van der Waals surface area contributed by atoms with Crippen LogP contribution in [0.1, 0.15) is 31.2 Å². The van der Waals surface area contributed by atoms with Gasteiger partial charge in [-0.2, -0.15) is 0 Å². The van der Waals surface area contributed by atoms with Crippen molar-refractivity contribution in [1.29, 1.82) is 0 Å². The number of nitrogens with one attached hydrogen (secondary N) is 1. The monoisotopic (exact) mass is 315 g/mol. The highest BCUT2D eigenvalue weighted by Crippen LogP contribution is 2.49. The van der Waals surface area contributed by atoms with Crippen LogP contribution in [0.5, 0.6) is 0 Å². The van der Waals surface area contributed by atoms with Gasteiger partial charge in [0.2, 0.25) is 0 Å². The molecule has 2 unspecified atom stereocenters. The summed E-state index contributed by atoms with van der Waals surface area (Å²) >= 11 is 0. The van der Waals surface area contributed by atoms with Crippen molar-refractivity contribution in [3.05, 3.63) is 35.9 Å². The average Bonchev–Trinajstić information content (AvgIpc) is 3.02. The number of carbonyl (C=O) groups is 1. The maximum Gasteiger partial charge on any atom is 0.343 e. The Labute approximate surface area is 137 Å². The van der Waals surface area contributed by atoms with Gasteiger partial charge in [-0.15, -0.1) is 0 Å². The normalized spacial score (nSPS) is 32.3. The van der Waals surface area contributed by atoms with Gasteiger partial charge in [0.15, 0.2) is 5.60 Å². The third kappa shape index (κ3) is 2.58. The first-order chi connectivity index (χ1) is 11.2. The number of ether oxygens (including phenoxy) is 1. The van der Waals surface area contributed by atoms with Crippen LogP contribution in [-0.2, 0) is 15.1 Å². The minimum atomic E-state index is -1.49. The number of carbonyl (C=O) groups excluding carboxylic acids is 1. The number of piperidine rings is 1. The highest BCUT2D eigenvalue weighted by molar-refractivity contribution is 5.81. The summed E-state index contributed by atoms with van der Waals surface area (Å²) in [7, 11) is 0. The molecule has 2 saturated carbocycles. The van der Waals surface area contributed by atoms with Crippen LogP contribution in [0.15, 0.2) is 30.3 Å². The molecule has 4 nitrogen and oxygen atoms in total. The summed E-state index contributed by atoms with van der Waals surface area (Å²) in [4.78, 5) is 12.8. The fourth-order valence-corrected chi connectivity index (χ4v) is 4.63. The standard InChI is InChI=1S/C19H25NO3/c21-18(23-12-17-15-10-20-11-16(15)17)19(22,14-8-4-5-9-14)13-6-2-1-3-7-13/h1-3,6-7,14-17,20,22H,4-5,8-12H2/t15-,16?,17?,19+/m0/s1. The van der Waals surface area contributed by atoms with Gasteiger partial charge in [0.05, 0.1) is 6.61 Å². The van der Waals surface area contributed by atoms with Crippen LogP contribution in [0.4, 0.5) is 0 Å². The Kier molecular flexibility index (Phi) is 3.90. The lowest BCUT2D eigenvalue weighted by Gasteiger charge is -2.32. The minimum Gasteiger partial charge on any atom is -0.463 e. The van der Waals surface area contributed by atoms with E-state index in [1.807, 2.05) is 30.3 Å². The summed E-state index contributed by atoms with van der Waals surface area (Å²) < 4.78 is 5.62. The van der Waals surface area contributed by atoms with E-state index in [1.54, 1.807) is 0 Å². The van der Waals surface area contributed by atoms with Crippen molar-refractivity contribution >= 4 is 5.97 Å². The number of aliphatic hydroxyl groups is 1. The van der Waals surface area contributed by atoms with E-state index in [-0.39, 0.29) is 5.92 Å². The van der Waals surface area contributed by atoms with Gasteiger partial charge in [-0.1, -0.05) is 43.2 Å². The molecule has 0 aromatic heterocycles. The fourth-order valence-electron chi connectivity index (χ4n) is 4.63. The second-order valence-electron chi connectivity index (χ2n) is 7.36. The summed E-state index contributed by atoms with van der Waals surface area (Å²) in [5.41, 5.74) is -0.811. The second kappa shape index (κ2) is 5.91. The van der Waals surface area contributed by atoms with Crippen LogP contribution in [0.2, 0.25) is 0 Å². The maximum absolute atomic E-state index is 12.8. The molecule has 1 aromatic rings. The van der Waals surface area contributed by atoms with Crippen molar-refractivity contribution in [3.8, 4) is 0 Å². The number of hydrogen-bond donors (Lipinski definition) is 2.